The summed E-state index contributed by atoms with van der Waals surface area (Å²) in [6, 6.07) is 0. The fourth-order valence-corrected chi connectivity index (χ4v) is 0. The number of halogens is 4. The van der Waals surface area contributed by atoms with Crippen molar-refractivity contribution in [3.8, 4) is 0 Å². The molecular formula is Cl3IIrK. The van der Waals surface area contributed by atoms with Crippen molar-refractivity contribution in [2.75, 3.05) is 0 Å². The molecule has 0 heterocycles. The van der Waals surface area contributed by atoms with Crippen LogP contribution in [-0.4, -0.2) is 0 Å². The van der Waals surface area contributed by atoms with Crippen LogP contribution in [0.3, 0.4) is 0 Å². The first kappa shape index (κ1) is 16.5. The summed E-state index contributed by atoms with van der Waals surface area (Å²) in [5.74, 6) is 0. The third-order valence-corrected chi connectivity index (χ3v) is 0. The van der Waals surface area contributed by atoms with Gasteiger partial charge in [0.15, 0.2) is 0 Å². The molecule has 0 nitrogen and oxygen atoms in total. The van der Waals surface area contributed by atoms with Gasteiger partial charge in [-0.25, -0.2) is 0 Å². The molecule has 0 fully saturated rings. The molecule has 0 rings (SSSR count). The maximum absolute atomic E-state index is 4.97. The summed E-state index contributed by atoms with van der Waals surface area (Å²) in [4.78, 5) is 0. The molecule has 0 saturated carbocycles. The Morgan fingerprint density at radius 2 is 1.00 bits per heavy atom. The SMILES string of the molecule is [Cl][Ir]([Cl])[Cl].[I-].[K+]. The van der Waals surface area contributed by atoms with Crippen molar-refractivity contribution < 1.29 is 88.8 Å². The number of hydrogen-bond donors (Lipinski definition) is 0. The molecule has 0 amide bonds. The minimum absolute atomic E-state index is 0. The molecule has 6 heavy (non-hydrogen) atoms. The van der Waals surface area contributed by atoms with Gasteiger partial charge in [0, 0.05) is 0 Å². The van der Waals surface area contributed by atoms with E-state index in [1.165, 1.54) is 0 Å². The van der Waals surface area contributed by atoms with Crippen LogP contribution in [0.15, 0.2) is 0 Å². The van der Waals surface area contributed by atoms with Crippen LogP contribution in [0.2, 0.25) is 0 Å². The van der Waals surface area contributed by atoms with Crippen LogP contribution < -0.4 is 75.4 Å². The van der Waals surface area contributed by atoms with E-state index in [9.17, 15) is 0 Å². The molecule has 0 saturated heterocycles. The van der Waals surface area contributed by atoms with E-state index in [-0.39, 0.29) is 75.4 Å². The maximum atomic E-state index is 4.97. The molecule has 0 aliphatic carbocycles. The molecule has 0 atom stereocenters. The minimum atomic E-state index is -1.92. The van der Waals surface area contributed by atoms with Crippen LogP contribution in [0, 0.1) is 0 Å². The summed E-state index contributed by atoms with van der Waals surface area (Å²) in [6.07, 6.45) is 0. The van der Waals surface area contributed by atoms with Crippen LogP contribution >= 0.6 is 28.8 Å². The topological polar surface area (TPSA) is 0 Å². The molecule has 0 spiro atoms. The predicted octanol–water partition coefficient (Wildman–Crippen LogP) is -3.93. The first-order valence-corrected chi connectivity index (χ1v) is 9.28. The summed E-state index contributed by atoms with van der Waals surface area (Å²) in [5.41, 5.74) is 0. The summed E-state index contributed by atoms with van der Waals surface area (Å²) in [7, 11) is 14.9. The van der Waals surface area contributed by atoms with Gasteiger partial charge in [0.1, 0.15) is 0 Å². The molecular weight excluding hydrogens is 465 g/mol. The van der Waals surface area contributed by atoms with E-state index in [0.717, 1.165) is 0 Å². The minimum Gasteiger partial charge on any atom is -1.00 e. The van der Waals surface area contributed by atoms with E-state index in [0.29, 0.717) is 0 Å². The van der Waals surface area contributed by atoms with Crippen LogP contribution in [-0.2, 0) is 13.5 Å². The molecule has 0 aromatic heterocycles. The van der Waals surface area contributed by atoms with Crippen LogP contribution in [0.25, 0.3) is 0 Å². The average Bonchev–Trinajstić information content (AvgIpc) is 0.811. The standard InChI is InChI=1S/3ClH.HI.Ir.K/h4*1H;;/q;;;;+3;+1/p-4. The van der Waals surface area contributed by atoms with Crippen LogP contribution in [0.4, 0.5) is 0 Å². The Hall–Kier alpha value is 3.89. The number of rotatable bonds is 0. The van der Waals surface area contributed by atoms with Crippen molar-refractivity contribution in [3.63, 3.8) is 0 Å². The van der Waals surface area contributed by atoms with E-state index in [1.807, 2.05) is 0 Å². The third-order valence-electron chi connectivity index (χ3n) is 0. The van der Waals surface area contributed by atoms with Gasteiger partial charge >= 0.3 is 93.6 Å². The fraction of sp³-hybridized carbons (Fsp3) is 0. The Labute approximate surface area is 114 Å². The number of hydrogen-bond acceptors (Lipinski definition) is 0. The summed E-state index contributed by atoms with van der Waals surface area (Å²) < 4.78 is 0. The van der Waals surface area contributed by atoms with Crippen molar-refractivity contribution in [2.24, 2.45) is 0 Å². The Balaban J connectivity index is -0.0000000450. The molecule has 0 aromatic rings. The monoisotopic (exact) mass is 464 g/mol. The van der Waals surface area contributed by atoms with E-state index < -0.39 is 13.5 Å². The average molecular weight is 465 g/mol. The van der Waals surface area contributed by atoms with E-state index in [1.54, 1.807) is 0 Å². The Morgan fingerprint density at radius 1 is 1.00 bits per heavy atom. The molecule has 0 bridgehead atoms. The van der Waals surface area contributed by atoms with Crippen molar-refractivity contribution in [1.82, 2.24) is 0 Å². The predicted molar refractivity (Wildman–Crippen MR) is 17.6 cm³/mol. The van der Waals surface area contributed by atoms with Crippen LogP contribution in [0.1, 0.15) is 0 Å². The maximum Gasteiger partial charge on any atom is 1.00 e. The zero-order valence-corrected chi connectivity index (χ0v) is 12.8. The quantitative estimate of drug-likeness (QED) is 0.254. The third kappa shape index (κ3) is 24.8. The fourth-order valence-electron chi connectivity index (χ4n) is 0. The molecule has 38 valence electrons. The summed E-state index contributed by atoms with van der Waals surface area (Å²) >= 11 is -1.92. The summed E-state index contributed by atoms with van der Waals surface area (Å²) in [5, 5.41) is 0. The molecule has 6 heteroatoms. The van der Waals surface area contributed by atoms with Crippen molar-refractivity contribution in [2.45, 2.75) is 0 Å². The largest absolute Gasteiger partial charge is 1.00 e. The van der Waals surface area contributed by atoms with Gasteiger partial charge in [-0.05, 0) is 0 Å². The Bertz CT molecular complexity index is 15.5. The van der Waals surface area contributed by atoms with Crippen LogP contribution in [0.5, 0.6) is 0 Å². The Morgan fingerprint density at radius 3 is 1.00 bits per heavy atom. The molecule has 0 aliphatic heterocycles. The van der Waals surface area contributed by atoms with E-state index >= 15 is 0 Å². The van der Waals surface area contributed by atoms with Crippen molar-refractivity contribution >= 4 is 28.8 Å². The zero-order valence-electron chi connectivity index (χ0n) is 2.85. The van der Waals surface area contributed by atoms with Gasteiger partial charge in [-0.1, -0.05) is 0 Å². The van der Waals surface area contributed by atoms with Gasteiger partial charge < -0.3 is 24.0 Å². The molecule has 0 unspecified atom stereocenters. The normalized spacial score (nSPS) is 7.50. The van der Waals surface area contributed by atoms with E-state index in [2.05, 4.69) is 0 Å². The summed E-state index contributed by atoms with van der Waals surface area (Å²) in [6.45, 7) is 0. The second-order valence-electron chi connectivity index (χ2n) is 0.143. The van der Waals surface area contributed by atoms with Gasteiger partial charge in [-0.15, -0.1) is 0 Å². The van der Waals surface area contributed by atoms with Gasteiger partial charge in [-0.2, -0.15) is 0 Å². The second-order valence-corrected chi connectivity index (χ2v) is 10.5. The molecule has 0 aliphatic rings. The van der Waals surface area contributed by atoms with Gasteiger partial charge in [0.05, 0.1) is 0 Å². The van der Waals surface area contributed by atoms with Crippen molar-refractivity contribution in [1.29, 1.82) is 0 Å². The Kier molecular flexibility index (Phi) is 32.0. The smallest absolute Gasteiger partial charge is 1.00 e. The molecule has 0 radical (unpaired) electrons. The van der Waals surface area contributed by atoms with Crippen molar-refractivity contribution in [3.05, 3.63) is 0 Å². The van der Waals surface area contributed by atoms with Gasteiger partial charge in [-0.3, -0.25) is 0 Å². The first-order valence-electron chi connectivity index (χ1n) is 0.378. The zero-order chi connectivity index (χ0) is 3.58. The van der Waals surface area contributed by atoms with E-state index in [4.69, 9.17) is 28.8 Å². The molecule has 0 aromatic carbocycles. The van der Waals surface area contributed by atoms with Gasteiger partial charge in [0.2, 0.25) is 0 Å². The van der Waals surface area contributed by atoms with Gasteiger partial charge in [0.25, 0.3) is 0 Å². The second kappa shape index (κ2) is 11.7. The molecule has 0 N–H and O–H groups in total. The first-order chi connectivity index (χ1) is 1.73.